The molecule has 1 rings (SSSR count). The molecule has 0 fully saturated rings. The molecule has 0 amide bonds. The maximum atomic E-state index is 12.8. The highest BCUT2D eigenvalue weighted by Crippen LogP contribution is 2.31. The lowest BCUT2D eigenvalue weighted by Crippen LogP contribution is -2.33. The molecule has 0 atom stereocenters. The number of methoxy groups -OCH3 is 1. The minimum Gasteiger partial charge on any atom is -0.480 e. The predicted molar refractivity (Wildman–Crippen MR) is 60.9 cm³/mol. The van der Waals surface area contributed by atoms with E-state index in [1.807, 2.05) is 0 Å². The van der Waals surface area contributed by atoms with Crippen LogP contribution >= 0.6 is 0 Å². The number of ether oxygens (including phenoxy) is 2. The molecule has 0 bridgehead atoms. The van der Waals surface area contributed by atoms with Gasteiger partial charge in [-0.3, -0.25) is 10.1 Å². The van der Waals surface area contributed by atoms with Gasteiger partial charge in [0, 0.05) is 12.1 Å². The molecule has 0 aliphatic carbocycles. The number of hydrogen-bond acceptors (Lipinski definition) is 5. The highest BCUT2D eigenvalue weighted by Gasteiger charge is 2.42. The first-order chi connectivity index (χ1) is 9.69. The summed E-state index contributed by atoms with van der Waals surface area (Å²) >= 11 is 0. The van der Waals surface area contributed by atoms with Crippen LogP contribution in [-0.2, 0) is 4.74 Å². The number of carbonyl (C=O) groups is 1. The lowest BCUT2D eigenvalue weighted by molar-refractivity contribution is -0.386. The lowest BCUT2D eigenvalue weighted by atomic mass is 10.2. The number of halogens is 4. The van der Waals surface area contributed by atoms with Crippen molar-refractivity contribution in [3.63, 3.8) is 0 Å². The third-order valence-electron chi connectivity index (χ3n) is 2.32. The number of rotatable bonds is 6. The largest absolute Gasteiger partial charge is 0.480 e. The summed E-state index contributed by atoms with van der Waals surface area (Å²) in [5.74, 6) is -6.10. The third kappa shape index (κ3) is 4.04. The Bertz CT molecular complexity index is 549. The average molecular weight is 311 g/mol. The number of benzene rings is 1. The summed E-state index contributed by atoms with van der Waals surface area (Å²) in [5, 5.41) is 10.7. The molecule has 10 heteroatoms. The fourth-order valence-electron chi connectivity index (χ4n) is 1.26. The van der Waals surface area contributed by atoms with E-state index in [-0.39, 0.29) is 5.56 Å². The quantitative estimate of drug-likeness (QED) is 0.349. The van der Waals surface area contributed by atoms with E-state index in [4.69, 9.17) is 0 Å². The summed E-state index contributed by atoms with van der Waals surface area (Å²) in [6.45, 7) is -1.77. The van der Waals surface area contributed by atoms with Crippen LogP contribution in [0.4, 0.5) is 23.2 Å². The summed E-state index contributed by atoms with van der Waals surface area (Å²) < 4.78 is 58.2. The van der Waals surface area contributed by atoms with E-state index in [0.29, 0.717) is 0 Å². The Balaban J connectivity index is 3.07. The van der Waals surface area contributed by atoms with Crippen LogP contribution in [0.3, 0.4) is 0 Å². The number of nitro benzene ring substituents is 1. The van der Waals surface area contributed by atoms with Crippen LogP contribution in [0.5, 0.6) is 5.75 Å². The van der Waals surface area contributed by atoms with E-state index in [0.717, 1.165) is 25.3 Å². The highest BCUT2D eigenvalue weighted by molar-refractivity contribution is 5.90. The molecule has 0 spiro atoms. The molecule has 6 nitrogen and oxygen atoms in total. The van der Waals surface area contributed by atoms with Crippen LogP contribution in [0, 0.1) is 10.1 Å². The molecule has 0 saturated carbocycles. The second-order valence-corrected chi connectivity index (χ2v) is 3.78. The molecule has 1 aromatic rings. The molecule has 0 aliphatic rings. The Morgan fingerprint density at radius 1 is 1.43 bits per heavy atom. The van der Waals surface area contributed by atoms with Crippen LogP contribution in [0.2, 0.25) is 0 Å². The van der Waals surface area contributed by atoms with Gasteiger partial charge in [0.15, 0.2) is 12.4 Å². The van der Waals surface area contributed by atoms with Gasteiger partial charge in [0.2, 0.25) is 0 Å². The van der Waals surface area contributed by atoms with Crippen molar-refractivity contribution >= 4 is 11.7 Å². The maximum Gasteiger partial charge on any atom is 0.340 e. The first kappa shape index (κ1) is 16.7. The van der Waals surface area contributed by atoms with E-state index >= 15 is 0 Å². The van der Waals surface area contributed by atoms with E-state index in [9.17, 15) is 32.5 Å². The van der Waals surface area contributed by atoms with Crippen molar-refractivity contribution in [2.45, 2.75) is 12.3 Å². The SMILES string of the molecule is COC(=O)c1ccc([N+](=O)[O-])c(OCC(F)(F)C(F)F)c1. The van der Waals surface area contributed by atoms with E-state index in [2.05, 4.69) is 9.47 Å². The molecule has 0 saturated heterocycles. The number of nitrogens with zero attached hydrogens (tertiary/aromatic N) is 1. The van der Waals surface area contributed by atoms with Gasteiger partial charge in [-0.2, -0.15) is 8.78 Å². The van der Waals surface area contributed by atoms with Crippen LogP contribution < -0.4 is 4.74 Å². The Hall–Kier alpha value is -2.39. The van der Waals surface area contributed by atoms with Crippen molar-refractivity contribution in [1.29, 1.82) is 0 Å². The first-order valence-corrected chi connectivity index (χ1v) is 5.34. The standard InChI is InChI=1S/C11H9F4NO5/c1-20-9(17)6-2-3-7(16(18)19)8(4-6)21-5-11(14,15)10(12)13/h2-4,10H,5H2,1H3. The molecular weight excluding hydrogens is 302 g/mol. The molecule has 0 radical (unpaired) electrons. The number of carbonyl (C=O) groups excluding carboxylic acids is 1. The van der Waals surface area contributed by atoms with Crippen LogP contribution in [0.15, 0.2) is 18.2 Å². The topological polar surface area (TPSA) is 78.7 Å². The Morgan fingerprint density at radius 3 is 2.52 bits per heavy atom. The fraction of sp³-hybridized carbons (Fsp3) is 0.364. The number of hydrogen-bond donors (Lipinski definition) is 0. The van der Waals surface area contributed by atoms with Gasteiger partial charge < -0.3 is 9.47 Å². The Kier molecular flexibility index (Phi) is 5.06. The van der Waals surface area contributed by atoms with Crippen LogP contribution in [0.25, 0.3) is 0 Å². The lowest BCUT2D eigenvalue weighted by Gasteiger charge is -2.16. The number of esters is 1. The van der Waals surface area contributed by atoms with Gasteiger partial charge in [0.25, 0.3) is 0 Å². The van der Waals surface area contributed by atoms with Crippen molar-refractivity contribution in [2.75, 3.05) is 13.7 Å². The molecular formula is C11H9F4NO5. The van der Waals surface area contributed by atoms with Crippen molar-refractivity contribution in [1.82, 2.24) is 0 Å². The Labute approximate surface area is 115 Å². The van der Waals surface area contributed by atoms with E-state index < -0.39 is 41.3 Å². The monoisotopic (exact) mass is 311 g/mol. The van der Waals surface area contributed by atoms with Gasteiger partial charge in [-0.25, -0.2) is 13.6 Å². The van der Waals surface area contributed by atoms with E-state index in [1.54, 1.807) is 0 Å². The predicted octanol–water partition coefficient (Wildman–Crippen LogP) is 2.66. The Morgan fingerprint density at radius 2 is 2.05 bits per heavy atom. The number of nitro groups is 1. The zero-order valence-electron chi connectivity index (χ0n) is 10.5. The molecule has 1 aromatic carbocycles. The summed E-state index contributed by atoms with van der Waals surface area (Å²) in [4.78, 5) is 21.0. The van der Waals surface area contributed by atoms with Crippen molar-refractivity contribution < 1.29 is 36.8 Å². The van der Waals surface area contributed by atoms with Gasteiger partial charge >= 0.3 is 24.0 Å². The van der Waals surface area contributed by atoms with Gasteiger partial charge in [-0.15, -0.1) is 0 Å². The van der Waals surface area contributed by atoms with E-state index in [1.165, 1.54) is 0 Å². The summed E-state index contributed by atoms with van der Waals surface area (Å²) in [7, 11) is 1.04. The normalized spacial score (nSPS) is 11.3. The van der Waals surface area contributed by atoms with Crippen LogP contribution in [-0.4, -0.2) is 37.0 Å². The van der Waals surface area contributed by atoms with Crippen LogP contribution in [0.1, 0.15) is 10.4 Å². The molecule has 116 valence electrons. The van der Waals surface area contributed by atoms with Crippen molar-refractivity contribution in [3.8, 4) is 5.75 Å². The molecule has 0 aliphatic heterocycles. The smallest absolute Gasteiger partial charge is 0.340 e. The molecule has 0 N–H and O–H groups in total. The zero-order valence-corrected chi connectivity index (χ0v) is 10.5. The second-order valence-electron chi connectivity index (χ2n) is 3.78. The summed E-state index contributed by atoms with van der Waals surface area (Å²) in [6.07, 6.45) is -3.99. The molecule has 0 aromatic heterocycles. The fourth-order valence-corrected chi connectivity index (χ4v) is 1.26. The number of alkyl halides is 4. The molecule has 0 unspecified atom stereocenters. The summed E-state index contributed by atoms with van der Waals surface area (Å²) in [6, 6.07) is 2.61. The molecule has 0 heterocycles. The minimum absolute atomic E-state index is 0.210. The minimum atomic E-state index is -4.48. The first-order valence-electron chi connectivity index (χ1n) is 5.34. The second kappa shape index (κ2) is 6.37. The zero-order chi connectivity index (χ0) is 16.2. The van der Waals surface area contributed by atoms with Gasteiger partial charge in [0.1, 0.15) is 0 Å². The van der Waals surface area contributed by atoms with Gasteiger partial charge in [0.05, 0.1) is 17.6 Å². The third-order valence-corrected chi connectivity index (χ3v) is 2.32. The summed E-state index contributed by atoms with van der Waals surface area (Å²) in [5.41, 5.74) is -0.953. The van der Waals surface area contributed by atoms with Gasteiger partial charge in [-0.1, -0.05) is 0 Å². The van der Waals surface area contributed by atoms with Crippen molar-refractivity contribution in [3.05, 3.63) is 33.9 Å². The highest BCUT2D eigenvalue weighted by atomic mass is 19.3. The molecule has 21 heavy (non-hydrogen) atoms. The van der Waals surface area contributed by atoms with Gasteiger partial charge in [-0.05, 0) is 6.07 Å². The van der Waals surface area contributed by atoms with Crippen molar-refractivity contribution in [2.24, 2.45) is 0 Å². The maximum absolute atomic E-state index is 12.8. The average Bonchev–Trinajstić information content (AvgIpc) is 2.43.